The predicted molar refractivity (Wildman–Crippen MR) is 112 cm³/mol. The minimum atomic E-state index is -0.301. The Morgan fingerprint density at radius 1 is 1.18 bits per heavy atom. The summed E-state index contributed by atoms with van der Waals surface area (Å²) in [6, 6.07) is 9.80. The summed E-state index contributed by atoms with van der Waals surface area (Å²) in [5.41, 5.74) is 1.32. The van der Waals surface area contributed by atoms with Gasteiger partial charge in [-0.05, 0) is 60.5 Å². The fourth-order valence-corrected chi connectivity index (χ4v) is 4.71. The van der Waals surface area contributed by atoms with E-state index in [1.54, 1.807) is 36.5 Å². The Morgan fingerprint density at radius 2 is 1.93 bits per heavy atom. The van der Waals surface area contributed by atoms with Crippen LogP contribution < -0.4 is 0 Å². The Balaban J connectivity index is 1.71. The minimum absolute atomic E-state index is 0.0556. The molecule has 1 aliphatic carbocycles. The lowest BCUT2D eigenvalue weighted by atomic mass is 9.94. The molecule has 0 atom stereocenters. The van der Waals surface area contributed by atoms with Gasteiger partial charge in [0.2, 0.25) is 0 Å². The molecule has 0 unspecified atom stereocenters. The van der Waals surface area contributed by atoms with Gasteiger partial charge in [0.1, 0.15) is 11.5 Å². The normalized spacial score (nSPS) is 21.1. The summed E-state index contributed by atoms with van der Waals surface area (Å²) in [4.78, 5) is 24.3. The van der Waals surface area contributed by atoms with Crippen LogP contribution >= 0.6 is 23.4 Å². The molecule has 1 aromatic heterocycles. The minimum Gasteiger partial charge on any atom is -0.283 e. The van der Waals surface area contributed by atoms with Crippen molar-refractivity contribution in [3.63, 3.8) is 0 Å². The van der Waals surface area contributed by atoms with Gasteiger partial charge in [-0.1, -0.05) is 43.0 Å². The highest BCUT2D eigenvalue weighted by molar-refractivity contribution is 8.18. The Labute approximate surface area is 172 Å². The molecule has 0 radical (unpaired) electrons. The zero-order valence-corrected chi connectivity index (χ0v) is 16.7. The number of amidine groups is 1. The van der Waals surface area contributed by atoms with Crippen molar-refractivity contribution in [3.8, 4) is 0 Å². The van der Waals surface area contributed by atoms with E-state index in [0.29, 0.717) is 20.9 Å². The van der Waals surface area contributed by atoms with E-state index >= 15 is 0 Å². The Hall–Kier alpha value is -2.18. The first-order valence-corrected chi connectivity index (χ1v) is 10.5. The average Bonchev–Trinajstić information content (AvgIpc) is 3.01. The van der Waals surface area contributed by atoms with Gasteiger partial charge in [-0.3, -0.25) is 9.69 Å². The van der Waals surface area contributed by atoms with Crippen molar-refractivity contribution in [1.29, 1.82) is 0 Å². The molecular formula is C21H19ClFN3OS. The number of nitrogens with zero attached hydrogens (tertiary/aromatic N) is 3. The summed E-state index contributed by atoms with van der Waals surface area (Å²) in [5.74, 6) is -0.357. The molecule has 0 bridgehead atoms. The fourth-order valence-electron chi connectivity index (χ4n) is 3.50. The number of benzene rings is 1. The van der Waals surface area contributed by atoms with Gasteiger partial charge in [0.25, 0.3) is 5.91 Å². The number of carbonyl (C=O) groups is 1. The van der Waals surface area contributed by atoms with E-state index in [9.17, 15) is 9.18 Å². The highest BCUT2D eigenvalue weighted by Gasteiger charge is 2.38. The van der Waals surface area contributed by atoms with Gasteiger partial charge in [0.05, 0.1) is 4.91 Å². The highest BCUT2D eigenvalue weighted by Crippen LogP contribution is 2.39. The molecule has 7 heteroatoms. The Kier molecular flexibility index (Phi) is 5.78. The third-order valence-corrected chi connectivity index (χ3v) is 6.17. The zero-order chi connectivity index (χ0) is 19.5. The first kappa shape index (κ1) is 19.2. The molecule has 4 rings (SSSR count). The summed E-state index contributed by atoms with van der Waals surface area (Å²) >= 11 is 7.50. The monoisotopic (exact) mass is 415 g/mol. The van der Waals surface area contributed by atoms with E-state index in [2.05, 4.69) is 9.98 Å². The lowest BCUT2D eigenvalue weighted by Gasteiger charge is -2.30. The summed E-state index contributed by atoms with van der Waals surface area (Å²) in [6.45, 7) is 0. The van der Waals surface area contributed by atoms with Crippen molar-refractivity contribution in [2.45, 2.75) is 38.1 Å². The zero-order valence-electron chi connectivity index (χ0n) is 15.1. The van der Waals surface area contributed by atoms with Gasteiger partial charge in [-0.15, -0.1) is 0 Å². The largest absolute Gasteiger partial charge is 0.283 e. The lowest BCUT2D eigenvalue weighted by molar-refractivity contribution is -0.124. The van der Waals surface area contributed by atoms with E-state index < -0.39 is 0 Å². The van der Waals surface area contributed by atoms with Crippen molar-refractivity contribution < 1.29 is 9.18 Å². The van der Waals surface area contributed by atoms with Crippen LogP contribution in [0, 0.1) is 5.82 Å². The van der Waals surface area contributed by atoms with E-state index in [-0.39, 0.29) is 17.8 Å². The second-order valence-electron chi connectivity index (χ2n) is 6.84. The maximum absolute atomic E-state index is 13.2. The molecule has 1 saturated heterocycles. The topological polar surface area (TPSA) is 45.6 Å². The summed E-state index contributed by atoms with van der Waals surface area (Å²) < 4.78 is 13.2. The molecule has 1 aliphatic heterocycles. The molecule has 144 valence electrons. The van der Waals surface area contributed by atoms with Crippen LogP contribution in [0.5, 0.6) is 0 Å². The average molecular weight is 416 g/mol. The Bertz CT molecular complexity index is 939. The Morgan fingerprint density at radius 3 is 2.64 bits per heavy atom. The number of aromatic nitrogens is 1. The van der Waals surface area contributed by atoms with Crippen molar-refractivity contribution >= 4 is 46.2 Å². The highest BCUT2D eigenvalue weighted by atomic mass is 35.5. The van der Waals surface area contributed by atoms with Gasteiger partial charge in [-0.2, -0.15) is 0 Å². The quantitative estimate of drug-likeness (QED) is 0.469. The molecule has 2 aromatic rings. The number of thioether (sulfide) groups is 1. The van der Waals surface area contributed by atoms with Crippen LogP contribution in [0.1, 0.15) is 37.7 Å². The second kappa shape index (κ2) is 8.45. The third-order valence-electron chi connectivity index (χ3n) is 4.90. The summed E-state index contributed by atoms with van der Waals surface area (Å²) in [5, 5.41) is 0.933. The van der Waals surface area contributed by atoms with Crippen LogP contribution in [0.25, 0.3) is 6.08 Å². The van der Waals surface area contributed by atoms with Gasteiger partial charge in [0.15, 0.2) is 10.3 Å². The maximum Gasteiger partial charge on any atom is 0.267 e. The van der Waals surface area contributed by atoms with E-state index in [0.717, 1.165) is 31.2 Å². The van der Waals surface area contributed by atoms with Gasteiger partial charge >= 0.3 is 0 Å². The fraction of sp³-hybridized carbons (Fsp3) is 0.286. The van der Waals surface area contributed by atoms with Crippen LogP contribution in [-0.2, 0) is 4.79 Å². The van der Waals surface area contributed by atoms with E-state index in [1.165, 1.54) is 30.3 Å². The van der Waals surface area contributed by atoms with E-state index in [1.807, 2.05) is 4.90 Å². The molecule has 1 aromatic carbocycles. The third kappa shape index (κ3) is 4.13. The first-order chi connectivity index (χ1) is 13.6. The standard InChI is InChI=1S/C21H19ClFN3OS/c22-19-17(7-4-12-24-19)25-21-26(16-5-2-1-3-6-16)20(27)18(28-21)13-14-8-10-15(23)11-9-14/h4,7-13,16H,1-3,5-6H2/b18-13-,25-21?. The van der Waals surface area contributed by atoms with Crippen LogP contribution in [0.2, 0.25) is 5.15 Å². The van der Waals surface area contributed by atoms with Crippen molar-refractivity contribution in [2.75, 3.05) is 0 Å². The van der Waals surface area contributed by atoms with Gasteiger partial charge < -0.3 is 0 Å². The molecule has 28 heavy (non-hydrogen) atoms. The molecule has 2 fully saturated rings. The molecular weight excluding hydrogens is 397 g/mol. The lowest BCUT2D eigenvalue weighted by Crippen LogP contribution is -2.40. The second-order valence-corrected chi connectivity index (χ2v) is 8.20. The predicted octanol–water partition coefficient (Wildman–Crippen LogP) is 5.81. The van der Waals surface area contributed by atoms with Crippen LogP contribution in [0.3, 0.4) is 0 Å². The number of pyridine rings is 1. The van der Waals surface area contributed by atoms with Gasteiger partial charge in [-0.25, -0.2) is 14.4 Å². The first-order valence-electron chi connectivity index (χ1n) is 9.30. The molecule has 2 aliphatic rings. The number of amides is 1. The van der Waals surface area contributed by atoms with Crippen molar-refractivity contribution in [1.82, 2.24) is 9.88 Å². The van der Waals surface area contributed by atoms with Gasteiger partial charge in [0, 0.05) is 12.2 Å². The molecule has 0 N–H and O–H groups in total. The molecule has 1 amide bonds. The number of aliphatic imine (C=N–C) groups is 1. The number of carbonyl (C=O) groups excluding carboxylic acids is 1. The van der Waals surface area contributed by atoms with E-state index in [4.69, 9.17) is 11.6 Å². The molecule has 1 saturated carbocycles. The van der Waals surface area contributed by atoms with Crippen LogP contribution in [0.4, 0.5) is 10.1 Å². The van der Waals surface area contributed by atoms with Crippen molar-refractivity contribution in [3.05, 3.63) is 64.0 Å². The SMILES string of the molecule is O=C1/C(=C/c2ccc(F)cc2)SC(=Nc2cccnc2Cl)N1C1CCCCC1. The molecule has 0 spiro atoms. The number of hydrogen-bond acceptors (Lipinski definition) is 4. The summed E-state index contributed by atoms with van der Waals surface area (Å²) in [6.07, 6.45) is 8.75. The van der Waals surface area contributed by atoms with Crippen LogP contribution in [0.15, 0.2) is 52.5 Å². The number of hydrogen-bond donors (Lipinski definition) is 0. The molecule has 2 heterocycles. The smallest absolute Gasteiger partial charge is 0.267 e. The van der Waals surface area contributed by atoms with Crippen LogP contribution in [-0.4, -0.2) is 27.0 Å². The number of halogens is 2. The summed E-state index contributed by atoms with van der Waals surface area (Å²) in [7, 11) is 0. The number of rotatable bonds is 3. The maximum atomic E-state index is 13.2. The van der Waals surface area contributed by atoms with Crippen molar-refractivity contribution in [2.24, 2.45) is 4.99 Å². The molecule has 4 nitrogen and oxygen atoms in total.